The van der Waals surface area contributed by atoms with E-state index in [0.29, 0.717) is 0 Å². The van der Waals surface area contributed by atoms with Gasteiger partial charge in [0.25, 0.3) is 6.71 Å². The summed E-state index contributed by atoms with van der Waals surface area (Å²) in [4.78, 5) is 15.2. The molecular weight excluding hydrogens is 523 g/mol. The van der Waals surface area contributed by atoms with Gasteiger partial charge in [-0.1, -0.05) is 84.9 Å². The minimum atomic E-state index is 0.0426. The van der Waals surface area contributed by atoms with Crippen LogP contribution in [0, 0.1) is 0 Å². The van der Waals surface area contributed by atoms with Crippen molar-refractivity contribution in [2.75, 3.05) is 9.80 Å². The van der Waals surface area contributed by atoms with Crippen molar-refractivity contribution in [1.82, 2.24) is 9.97 Å². The van der Waals surface area contributed by atoms with E-state index in [2.05, 4.69) is 143 Å². The molecule has 0 saturated carbocycles. The topological polar surface area (TPSA) is 32.3 Å². The molecule has 0 unspecified atom stereocenters. The van der Waals surface area contributed by atoms with Crippen molar-refractivity contribution < 1.29 is 0 Å². The summed E-state index contributed by atoms with van der Waals surface area (Å²) in [5.74, 6) is 0. The molecule has 2 aliphatic heterocycles. The van der Waals surface area contributed by atoms with Gasteiger partial charge in [0.2, 0.25) is 0 Å². The molecule has 2 aromatic heterocycles. The van der Waals surface area contributed by atoms with E-state index in [0.717, 1.165) is 44.3 Å². The van der Waals surface area contributed by atoms with E-state index in [4.69, 9.17) is 9.97 Å². The predicted octanol–water partition coefficient (Wildman–Crippen LogP) is 7.46. The zero-order valence-corrected chi connectivity index (χ0v) is 23.1. The lowest BCUT2D eigenvalue weighted by atomic mass is 9.33. The molecule has 4 nitrogen and oxygen atoms in total. The third kappa shape index (κ3) is 2.96. The number of para-hydroxylation sites is 4. The molecule has 0 bridgehead atoms. The quantitative estimate of drug-likeness (QED) is 0.167. The largest absolute Gasteiger partial charge is 0.311 e. The highest BCUT2D eigenvalue weighted by molar-refractivity contribution is 7.00. The molecule has 198 valence electrons. The lowest BCUT2D eigenvalue weighted by molar-refractivity contribution is 1.26. The Labute approximate surface area is 248 Å². The van der Waals surface area contributed by atoms with Crippen LogP contribution in [0.5, 0.6) is 0 Å². The Balaban J connectivity index is 1.48. The first-order chi connectivity index (χ1) is 21.4. The van der Waals surface area contributed by atoms with Crippen LogP contribution in [-0.4, -0.2) is 16.7 Å². The van der Waals surface area contributed by atoms with Gasteiger partial charge >= 0.3 is 0 Å². The highest BCUT2D eigenvalue weighted by Gasteiger charge is 2.45. The average Bonchev–Trinajstić information content (AvgIpc) is 3.08. The average molecular weight is 546 g/mol. The second-order valence-electron chi connectivity index (χ2n) is 11.4. The summed E-state index contributed by atoms with van der Waals surface area (Å²) in [7, 11) is 0. The molecule has 0 fully saturated rings. The molecule has 0 aliphatic carbocycles. The Kier molecular flexibility index (Phi) is 4.50. The second-order valence-corrected chi connectivity index (χ2v) is 11.4. The van der Waals surface area contributed by atoms with Crippen molar-refractivity contribution in [2.24, 2.45) is 0 Å². The Bertz CT molecular complexity index is 2210. The van der Waals surface area contributed by atoms with Crippen LogP contribution < -0.4 is 26.2 Å². The Morgan fingerprint density at radius 2 is 1.09 bits per heavy atom. The van der Waals surface area contributed by atoms with Crippen molar-refractivity contribution in [2.45, 2.75) is 0 Å². The van der Waals surface area contributed by atoms with Crippen molar-refractivity contribution >= 4 is 89.8 Å². The fraction of sp³-hybridized carbons (Fsp3) is 0. The van der Waals surface area contributed by atoms with Gasteiger partial charge in [-0.15, -0.1) is 0 Å². The molecule has 5 heteroatoms. The molecule has 6 aromatic carbocycles. The number of fused-ring (bicyclic) bond motifs is 6. The molecule has 0 amide bonds. The second kappa shape index (κ2) is 8.43. The third-order valence-corrected chi connectivity index (χ3v) is 9.23. The minimum absolute atomic E-state index is 0.0426. The van der Waals surface area contributed by atoms with Gasteiger partial charge in [-0.3, -0.25) is 9.97 Å². The zero-order valence-electron chi connectivity index (χ0n) is 23.1. The van der Waals surface area contributed by atoms with Crippen molar-refractivity contribution in [3.63, 3.8) is 0 Å². The van der Waals surface area contributed by atoms with E-state index in [9.17, 15) is 0 Å². The summed E-state index contributed by atoms with van der Waals surface area (Å²) in [5.41, 5.74) is 12.8. The number of rotatable bonds is 2. The predicted molar refractivity (Wildman–Crippen MR) is 180 cm³/mol. The molecule has 0 radical (unpaired) electrons. The van der Waals surface area contributed by atoms with Gasteiger partial charge in [-0.2, -0.15) is 0 Å². The molecular formula is C38H23BN4. The fourth-order valence-corrected chi connectivity index (χ4v) is 7.59. The number of hydrogen-bond acceptors (Lipinski definition) is 4. The maximum absolute atomic E-state index is 5.27. The summed E-state index contributed by atoms with van der Waals surface area (Å²) in [6.07, 6.45) is 4.11. The molecule has 43 heavy (non-hydrogen) atoms. The summed E-state index contributed by atoms with van der Waals surface area (Å²) in [5, 5.41) is 4.56. The monoisotopic (exact) mass is 546 g/mol. The maximum atomic E-state index is 5.27. The van der Waals surface area contributed by atoms with Gasteiger partial charge in [0.15, 0.2) is 0 Å². The van der Waals surface area contributed by atoms with Crippen LogP contribution in [0.4, 0.5) is 34.1 Å². The molecule has 8 aromatic rings. The number of nitrogens with zero attached hydrogens (tertiary/aromatic N) is 4. The van der Waals surface area contributed by atoms with E-state index in [1.54, 1.807) is 0 Å². The summed E-state index contributed by atoms with van der Waals surface area (Å²) < 4.78 is 0. The van der Waals surface area contributed by atoms with Crippen LogP contribution in [0.2, 0.25) is 0 Å². The highest BCUT2D eigenvalue weighted by Crippen LogP contribution is 2.50. The summed E-state index contributed by atoms with van der Waals surface area (Å²) in [6.45, 7) is 0.0426. The van der Waals surface area contributed by atoms with E-state index >= 15 is 0 Å². The number of hydrogen-bond donors (Lipinski definition) is 0. The third-order valence-electron chi connectivity index (χ3n) is 9.23. The molecule has 10 rings (SSSR count). The highest BCUT2D eigenvalue weighted by atomic mass is 15.2. The van der Waals surface area contributed by atoms with Crippen LogP contribution in [0.3, 0.4) is 0 Å². The number of benzene rings is 6. The molecule has 0 N–H and O–H groups in total. The molecule has 2 aliphatic rings. The Morgan fingerprint density at radius 3 is 1.77 bits per heavy atom. The Morgan fingerprint density at radius 1 is 0.488 bits per heavy atom. The van der Waals surface area contributed by atoms with Crippen LogP contribution in [0.25, 0.3) is 32.6 Å². The molecule has 0 spiro atoms. The van der Waals surface area contributed by atoms with Crippen LogP contribution in [0.1, 0.15) is 0 Å². The lowest BCUT2D eigenvalue weighted by Crippen LogP contribution is -2.61. The van der Waals surface area contributed by atoms with Gasteiger partial charge in [-0.25, -0.2) is 0 Å². The Hall–Kier alpha value is -5.68. The minimum Gasteiger partial charge on any atom is -0.311 e. The standard InChI is InChI=1S/C38H23BN4/c1-3-13-25(14-4-1)42-31-20-9-7-17-28(31)39-29-18-8-10-21-32(29)43(26-15-5-2-6-16-26)38-35(39)37(42)27-23-40-30-19-11-12-24-22-41-36(38)34(27)33(24)30/h1-23H. The van der Waals surface area contributed by atoms with Crippen LogP contribution >= 0.6 is 0 Å². The number of aromatic nitrogens is 2. The van der Waals surface area contributed by atoms with Gasteiger partial charge < -0.3 is 9.80 Å². The molecule has 0 saturated heterocycles. The van der Waals surface area contributed by atoms with Crippen LogP contribution in [-0.2, 0) is 0 Å². The van der Waals surface area contributed by atoms with Crippen molar-refractivity contribution in [1.29, 1.82) is 0 Å². The van der Waals surface area contributed by atoms with E-state index < -0.39 is 0 Å². The lowest BCUT2D eigenvalue weighted by Gasteiger charge is -2.45. The first kappa shape index (κ1) is 22.9. The smallest absolute Gasteiger partial charge is 0.252 e. The number of pyridine rings is 2. The summed E-state index contributed by atoms with van der Waals surface area (Å²) >= 11 is 0. The SMILES string of the molecule is c1ccc(N2c3ccccc3B3c4ccccc4N(c4ccccc4)c4c3c2c2cnc3cccc5cnc4c2c53)cc1. The van der Waals surface area contributed by atoms with Gasteiger partial charge in [0, 0.05) is 56.7 Å². The first-order valence-corrected chi connectivity index (χ1v) is 14.7. The maximum Gasteiger partial charge on any atom is 0.252 e. The van der Waals surface area contributed by atoms with Crippen molar-refractivity contribution in [3.05, 3.63) is 140 Å². The van der Waals surface area contributed by atoms with Gasteiger partial charge in [-0.05, 0) is 58.9 Å². The van der Waals surface area contributed by atoms with E-state index in [-0.39, 0.29) is 6.71 Å². The summed E-state index contributed by atoms with van der Waals surface area (Å²) in [6, 6.07) is 45.6. The molecule has 0 atom stereocenters. The molecule has 4 heterocycles. The van der Waals surface area contributed by atoms with Crippen molar-refractivity contribution in [3.8, 4) is 0 Å². The zero-order chi connectivity index (χ0) is 28.1. The van der Waals surface area contributed by atoms with Crippen LogP contribution in [0.15, 0.2) is 140 Å². The van der Waals surface area contributed by atoms with Gasteiger partial charge in [0.05, 0.1) is 22.4 Å². The number of anilines is 6. The van der Waals surface area contributed by atoms with E-state index in [1.165, 1.54) is 38.8 Å². The van der Waals surface area contributed by atoms with E-state index in [1.807, 2.05) is 6.20 Å². The first-order valence-electron chi connectivity index (χ1n) is 14.7. The fourth-order valence-electron chi connectivity index (χ4n) is 7.59. The van der Waals surface area contributed by atoms with Gasteiger partial charge in [0.1, 0.15) is 0 Å². The normalized spacial score (nSPS) is 13.4.